The van der Waals surface area contributed by atoms with Crippen LogP contribution < -0.4 is 5.32 Å². The molecule has 1 saturated carbocycles. The van der Waals surface area contributed by atoms with Crippen LogP contribution in [0.3, 0.4) is 0 Å². The zero-order valence-electron chi connectivity index (χ0n) is 22.3. The number of carbonyl (C=O) groups is 1. The molecule has 208 valence electrons. The summed E-state index contributed by atoms with van der Waals surface area (Å²) in [5.41, 5.74) is 0.578. The Kier molecular flexibility index (Phi) is 9.95. The van der Waals surface area contributed by atoms with Gasteiger partial charge in [-0.3, -0.25) is 0 Å². The fourth-order valence-corrected chi connectivity index (χ4v) is 6.94. The van der Waals surface area contributed by atoms with Crippen molar-refractivity contribution in [1.29, 1.82) is 0 Å². The predicted octanol–water partition coefficient (Wildman–Crippen LogP) is 4.17. The minimum absolute atomic E-state index is 0.0307. The molecular weight excluding hydrogens is 504 g/mol. The van der Waals surface area contributed by atoms with Crippen LogP contribution in [0.15, 0.2) is 59.5 Å². The number of benzene rings is 2. The number of nitrogens with one attached hydrogen (secondary N) is 1. The smallest absolute Gasteiger partial charge is 0.407 e. The molecule has 1 aliphatic carbocycles. The van der Waals surface area contributed by atoms with E-state index in [4.69, 9.17) is 9.47 Å². The Labute approximate surface area is 228 Å². The zero-order valence-corrected chi connectivity index (χ0v) is 23.1. The number of hydrogen-bond acceptors (Lipinski definition) is 7. The van der Waals surface area contributed by atoms with Crippen molar-refractivity contribution in [2.75, 3.05) is 19.7 Å². The van der Waals surface area contributed by atoms with Gasteiger partial charge >= 0.3 is 6.09 Å². The van der Waals surface area contributed by atoms with Crippen molar-refractivity contribution < 1.29 is 29.0 Å². The first-order valence-electron chi connectivity index (χ1n) is 13.5. The van der Waals surface area contributed by atoms with Crippen LogP contribution in [0.25, 0.3) is 0 Å². The molecule has 0 bridgehead atoms. The van der Waals surface area contributed by atoms with Gasteiger partial charge < -0.3 is 29.6 Å². The predicted molar refractivity (Wildman–Crippen MR) is 146 cm³/mol. The van der Waals surface area contributed by atoms with E-state index in [1.165, 1.54) is 12.1 Å². The molecule has 0 radical (unpaired) electrons. The van der Waals surface area contributed by atoms with Crippen LogP contribution >= 0.6 is 0 Å². The summed E-state index contributed by atoms with van der Waals surface area (Å²) < 4.78 is 27.0. The minimum Gasteiger partial charge on any atom is -0.593 e. The molecule has 1 heterocycles. The Hall–Kier alpha value is -2.30. The molecular formula is C29H40N2O6S. The number of aliphatic hydroxyl groups excluding tert-OH is 1. The summed E-state index contributed by atoms with van der Waals surface area (Å²) in [5, 5.41) is 24.2. The van der Waals surface area contributed by atoms with E-state index in [2.05, 4.69) is 5.32 Å². The molecule has 3 N–H and O–H groups in total. The largest absolute Gasteiger partial charge is 0.593 e. The first kappa shape index (κ1) is 28.7. The number of hydrogen-bond donors (Lipinski definition) is 3. The third kappa shape index (κ3) is 7.42. The number of ether oxygens (including phenoxy) is 2. The molecule has 2 aromatic carbocycles. The average Bonchev–Trinajstić information content (AvgIpc) is 3.52. The average molecular weight is 545 g/mol. The Morgan fingerprint density at radius 1 is 1.18 bits per heavy atom. The van der Waals surface area contributed by atoms with E-state index in [1.807, 2.05) is 44.2 Å². The summed E-state index contributed by atoms with van der Waals surface area (Å²) in [6, 6.07) is 15.3. The highest BCUT2D eigenvalue weighted by atomic mass is 32.2. The minimum atomic E-state index is -1.61. The Balaban J connectivity index is 1.48. The number of phenols is 1. The van der Waals surface area contributed by atoms with Crippen LogP contribution in [0.2, 0.25) is 0 Å². The van der Waals surface area contributed by atoms with Crippen molar-refractivity contribution in [2.45, 2.75) is 81.1 Å². The van der Waals surface area contributed by atoms with Gasteiger partial charge in [0.2, 0.25) is 0 Å². The molecule has 2 aromatic rings. The number of alkyl carbamates (subject to hydrolysis) is 1. The summed E-state index contributed by atoms with van der Waals surface area (Å²) in [6.45, 7) is 5.24. The first-order valence-corrected chi connectivity index (χ1v) is 14.7. The maximum absolute atomic E-state index is 13.4. The van der Waals surface area contributed by atoms with Crippen molar-refractivity contribution >= 4 is 17.5 Å². The van der Waals surface area contributed by atoms with E-state index in [0.29, 0.717) is 24.5 Å². The molecule has 1 aliphatic heterocycles. The van der Waals surface area contributed by atoms with Gasteiger partial charge in [-0.2, -0.15) is 0 Å². The molecule has 3 unspecified atom stereocenters. The Morgan fingerprint density at radius 2 is 1.95 bits per heavy atom. The van der Waals surface area contributed by atoms with E-state index >= 15 is 0 Å². The lowest BCUT2D eigenvalue weighted by Crippen LogP contribution is -2.52. The number of aromatic hydroxyl groups is 1. The third-order valence-electron chi connectivity index (χ3n) is 7.32. The van der Waals surface area contributed by atoms with Gasteiger partial charge in [-0.15, -0.1) is 4.31 Å². The van der Waals surface area contributed by atoms with E-state index in [-0.39, 0.29) is 29.9 Å². The van der Waals surface area contributed by atoms with Crippen LogP contribution in [-0.4, -0.2) is 68.7 Å². The van der Waals surface area contributed by atoms with Gasteiger partial charge in [0.15, 0.2) is 4.90 Å². The van der Waals surface area contributed by atoms with Crippen LogP contribution in [0.5, 0.6) is 5.75 Å². The fourth-order valence-electron chi connectivity index (χ4n) is 5.51. The second-order valence-electron chi connectivity index (χ2n) is 10.8. The van der Waals surface area contributed by atoms with Crippen LogP contribution in [0, 0.1) is 5.92 Å². The number of phenolic OH excluding ortho intramolecular Hbond substituents is 1. The highest BCUT2D eigenvalue weighted by molar-refractivity contribution is 7.89. The van der Waals surface area contributed by atoms with Crippen molar-refractivity contribution in [3.8, 4) is 5.75 Å². The summed E-state index contributed by atoms with van der Waals surface area (Å²) in [7, 11) is 0. The van der Waals surface area contributed by atoms with Gasteiger partial charge in [0.25, 0.3) is 0 Å². The Morgan fingerprint density at radius 3 is 2.63 bits per heavy atom. The van der Waals surface area contributed by atoms with Gasteiger partial charge in [-0.05, 0) is 62.1 Å². The van der Waals surface area contributed by atoms with Crippen LogP contribution in [-0.2, 0) is 27.3 Å². The summed E-state index contributed by atoms with van der Waals surface area (Å²) >= 11 is -1.61. The van der Waals surface area contributed by atoms with Crippen LogP contribution in [0.1, 0.15) is 51.5 Å². The first-order chi connectivity index (χ1) is 18.3. The Bertz CT molecular complexity index is 1030. The maximum atomic E-state index is 13.4. The highest BCUT2D eigenvalue weighted by Crippen LogP contribution is 2.42. The van der Waals surface area contributed by atoms with Gasteiger partial charge in [-0.1, -0.05) is 50.2 Å². The van der Waals surface area contributed by atoms with Crippen molar-refractivity contribution in [3.05, 3.63) is 60.2 Å². The standard InChI is InChI=1S/C29H40N2O6S/c1-21(2)19-31(38(35)24-12-6-11-23(32)18-24)20-26(33)25(17-22-9-4-3-5-10-22)30-28(34)37-27-13-7-14-29(27)15-8-16-36-29/h3-6,9-12,18,21,25-27,32-33H,7-8,13-17,19-20H2,1-2H3,(H,30,34)/t25-,26+,27?,29?,38?/m0/s1. The van der Waals surface area contributed by atoms with Crippen LogP contribution in [0.4, 0.5) is 4.79 Å². The summed E-state index contributed by atoms with van der Waals surface area (Å²) in [4.78, 5) is 13.6. The molecule has 0 aromatic heterocycles. The van der Waals surface area contributed by atoms with Crippen molar-refractivity contribution in [1.82, 2.24) is 9.62 Å². The molecule has 8 nitrogen and oxygen atoms in total. The van der Waals surface area contributed by atoms with Gasteiger partial charge in [-0.25, -0.2) is 4.79 Å². The number of aliphatic hydroxyl groups is 1. The summed E-state index contributed by atoms with van der Waals surface area (Å²) in [6.07, 6.45) is 2.98. The quantitative estimate of drug-likeness (QED) is 0.364. The van der Waals surface area contributed by atoms with Crippen molar-refractivity contribution in [2.24, 2.45) is 5.92 Å². The second kappa shape index (κ2) is 13.2. The second-order valence-corrected chi connectivity index (χ2v) is 12.3. The lowest BCUT2D eigenvalue weighted by atomic mass is 9.96. The topological polar surface area (TPSA) is 114 Å². The SMILES string of the molecule is CC(C)CN(C[C@@H](O)[C@H](Cc1ccccc1)NC(=O)OC1CCCC12CCCO2)[S+]([O-])c1cccc(O)c1. The number of rotatable bonds is 11. The molecule has 1 amide bonds. The molecule has 1 spiro atoms. The van der Waals surface area contributed by atoms with Gasteiger partial charge in [0.1, 0.15) is 17.5 Å². The van der Waals surface area contributed by atoms with Gasteiger partial charge in [0.05, 0.1) is 30.1 Å². The third-order valence-corrected chi connectivity index (χ3v) is 8.74. The molecule has 4 rings (SSSR count). The van der Waals surface area contributed by atoms with E-state index in [9.17, 15) is 19.6 Å². The zero-order chi connectivity index (χ0) is 27.1. The summed E-state index contributed by atoms with van der Waals surface area (Å²) in [5.74, 6) is 0.210. The maximum Gasteiger partial charge on any atom is 0.407 e. The van der Waals surface area contributed by atoms with E-state index in [1.54, 1.807) is 16.4 Å². The molecule has 5 atom stereocenters. The number of carbonyl (C=O) groups excluding carboxylic acids is 1. The number of nitrogens with zero attached hydrogens (tertiary/aromatic N) is 1. The molecule has 2 aliphatic rings. The van der Waals surface area contributed by atoms with Crippen molar-refractivity contribution in [3.63, 3.8) is 0 Å². The molecule has 38 heavy (non-hydrogen) atoms. The molecule has 2 fully saturated rings. The normalized spacial score (nSPS) is 23.6. The number of amides is 1. The highest BCUT2D eigenvalue weighted by Gasteiger charge is 2.48. The lowest BCUT2D eigenvalue weighted by Gasteiger charge is -2.32. The fraction of sp³-hybridized carbons (Fsp3) is 0.552. The lowest BCUT2D eigenvalue weighted by molar-refractivity contribution is -0.0758. The molecule has 9 heteroatoms. The van der Waals surface area contributed by atoms with E-state index < -0.39 is 29.6 Å². The van der Waals surface area contributed by atoms with E-state index in [0.717, 1.165) is 37.7 Å². The van der Waals surface area contributed by atoms with Gasteiger partial charge in [0, 0.05) is 19.2 Å². The molecule has 1 saturated heterocycles. The monoisotopic (exact) mass is 544 g/mol.